The molecule has 0 spiro atoms. The Morgan fingerprint density at radius 2 is 1.52 bits per heavy atom. The lowest BCUT2D eigenvalue weighted by Crippen LogP contribution is -2.41. The monoisotopic (exact) mass is 294 g/mol. The summed E-state index contributed by atoms with van der Waals surface area (Å²) in [7, 11) is 2.74. The second-order valence-corrected chi connectivity index (χ2v) is 6.08. The van der Waals surface area contributed by atoms with Crippen LogP contribution in [0.25, 0.3) is 0 Å². The molecule has 0 radical (unpaired) electrons. The molecule has 0 aromatic heterocycles. The third kappa shape index (κ3) is 3.34. The predicted octanol–water partition coefficient (Wildman–Crippen LogP) is 1.98. The molecule has 0 saturated carbocycles. The zero-order valence-corrected chi connectivity index (χ0v) is 13.6. The van der Waals surface area contributed by atoms with Crippen molar-refractivity contribution >= 4 is 12.6 Å². The zero-order valence-electron chi connectivity index (χ0n) is 13.6. The standard InChI is InChI=1S/C15H23BO5/c1-14(2)15(3,4)21-16(20-14)11-7-12(18-6)9-13(8-11)19-10-17-5/h7-9H,10H2,1-6H3. The van der Waals surface area contributed by atoms with Crippen molar-refractivity contribution in [3.05, 3.63) is 18.2 Å². The highest BCUT2D eigenvalue weighted by atomic mass is 16.7. The Labute approximate surface area is 126 Å². The van der Waals surface area contributed by atoms with Crippen molar-refractivity contribution in [1.82, 2.24) is 0 Å². The molecule has 0 bridgehead atoms. The molecule has 1 aliphatic heterocycles. The van der Waals surface area contributed by atoms with Gasteiger partial charge in [0.25, 0.3) is 0 Å². The third-order valence-corrected chi connectivity index (χ3v) is 4.01. The molecule has 0 N–H and O–H groups in total. The van der Waals surface area contributed by atoms with Crippen molar-refractivity contribution in [2.24, 2.45) is 0 Å². The Balaban J connectivity index is 2.27. The normalized spacial score (nSPS) is 19.6. The molecule has 0 unspecified atom stereocenters. The minimum absolute atomic E-state index is 0.177. The minimum atomic E-state index is -0.449. The van der Waals surface area contributed by atoms with Gasteiger partial charge < -0.3 is 23.5 Å². The summed E-state index contributed by atoms with van der Waals surface area (Å²) in [5.74, 6) is 1.34. The fourth-order valence-corrected chi connectivity index (χ4v) is 2.04. The largest absolute Gasteiger partial charge is 0.497 e. The van der Waals surface area contributed by atoms with Crippen LogP contribution in [0, 0.1) is 0 Å². The number of methoxy groups -OCH3 is 2. The summed E-state index contributed by atoms with van der Waals surface area (Å²) in [5.41, 5.74) is 0.0990. The maximum atomic E-state index is 6.04. The summed E-state index contributed by atoms with van der Waals surface area (Å²) >= 11 is 0. The SMILES string of the molecule is COCOc1cc(OC)cc(B2OC(C)(C)C(C)(C)O2)c1. The molecule has 1 aromatic carbocycles. The van der Waals surface area contributed by atoms with Gasteiger partial charge in [0.2, 0.25) is 0 Å². The first-order valence-corrected chi connectivity index (χ1v) is 6.95. The van der Waals surface area contributed by atoms with Gasteiger partial charge in [0.05, 0.1) is 18.3 Å². The van der Waals surface area contributed by atoms with Crippen molar-refractivity contribution in [3.8, 4) is 11.5 Å². The number of ether oxygens (including phenoxy) is 3. The second-order valence-electron chi connectivity index (χ2n) is 6.08. The first-order chi connectivity index (χ1) is 9.79. The molecule has 0 aliphatic carbocycles. The number of hydrogen-bond acceptors (Lipinski definition) is 5. The van der Waals surface area contributed by atoms with Crippen LogP contribution >= 0.6 is 0 Å². The van der Waals surface area contributed by atoms with Gasteiger partial charge in [-0.25, -0.2) is 0 Å². The molecule has 116 valence electrons. The number of hydrogen-bond donors (Lipinski definition) is 0. The van der Waals surface area contributed by atoms with E-state index in [4.69, 9.17) is 23.5 Å². The molecular formula is C15H23BO5. The van der Waals surface area contributed by atoms with Gasteiger partial charge in [-0.2, -0.15) is 0 Å². The van der Waals surface area contributed by atoms with Crippen LogP contribution < -0.4 is 14.9 Å². The van der Waals surface area contributed by atoms with Crippen LogP contribution in [-0.4, -0.2) is 39.3 Å². The topological polar surface area (TPSA) is 46.2 Å². The van der Waals surface area contributed by atoms with Gasteiger partial charge in [-0.05, 0) is 45.3 Å². The third-order valence-electron chi connectivity index (χ3n) is 4.01. The van der Waals surface area contributed by atoms with Crippen molar-refractivity contribution in [1.29, 1.82) is 0 Å². The zero-order chi connectivity index (χ0) is 15.7. The Morgan fingerprint density at radius 3 is 2.05 bits per heavy atom. The summed E-state index contributed by atoms with van der Waals surface area (Å²) in [5, 5.41) is 0. The Bertz CT molecular complexity index is 485. The van der Waals surface area contributed by atoms with Gasteiger partial charge in [0.1, 0.15) is 11.5 Å². The lowest BCUT2D eigenvalue weighted by atomic mass is 9.79. The average molecular weight is 294 g/mol. The van der Waals surface area contributed by atoms with E-state index in [0.717, 1.165) is 5.46 Å². The van der Waals surface area contributed by atoms with Gasteiger partial charge in [0.15, 0.2) is 6.79 Å². The maximum Gasteiger partial charge on any atom is 0.495 e. The van der Waals surface area contributed by atoms with E-state index in [9.17, 15) is 0 Å². The Hall–Kier alpha value is -1.24. The average Bonchev–Trinajstić information content (AvgIpc) is 2.65. The van der Waals surface area contributed by atoms with Gasteiger partial charge >= 0.3 is 7.12 Å². The van der Waals surface area contributed by atoms with Crippen molar-refractivity contribution < 1.29 is 23.5 Å². The van der Waals surface area contributed by atoms with E-state index in [-0.39, 0.29) is 18.0 Å². The molecule has 1 saturated heterocycles. The first kappa shape index (κ1) is 16.1. The van der Waals surface area contributed by atoms with Crippen LogP contribution in [0.3, 0.4) is 0 Å². The fourth-order valence-electron chi connectivity index (χ4n) is 2.04. The summed E-state index contributed by atoms with van der Waals surface area (Å²) in [6.45, 7) is 8.27. The maximum absolute atomic E-state index is 6.04. The molecule has 0 atom stereocenters. The molecular weight excluding hydrogens is 271 g/mol. The Kier molecular flexibility index (Phi) is 4.51. The molecule has 6 heteroatoms. The lowest BCUT2D eigenvalue weighted by Gasteiger charge is -2.32. The van der Waals surface area contributed by atoms with E-state index >= 15 is 0 Å². The van der Waals surface area contributed by atoms with Crippen LogP contribution in [0.15, 0.2) is 18.2 Å². The van der Waals surface area contributed by atoms with Crippen molar-refractivity contribution in [3.63, 3.8) is 0 Å². The van der Waals surface area contributed by atoms with E-state index in [2.05, 4.69) is 0 Å². The van der Waals surface area contributed by atoms with Crippen molar-refractivity contribution in [2.75, 3.05) is 21.0 Å². The second kappa shape index (κ2) is 5.87. The van der Waals surface area contributed by atoms with E-state index in [1.807, 2.05) is 39.8 Å². The minimum Gasteiger partial charge on any atom is -0.497 e. The summed E-state index contributed by atoms with van der Waals surface area (Å²) in [6, 6.07) is 5.57. The molecule has 21 heavy (non-hydrogen) atoms. The van der Waals surface area contributed by atoms with E-state index < -0.39 is 7.12 Å². The fraction of sp³-hybridized carbons (Fsp3) is 0.600. The number of rotatable bonds is 5. The molecule has 1 fully saturated rings. The predicted molar refractivity (Wildman–Crippen MR) is 81.2 cm³/mol. The van der Waals surface area contributed by atoms with E-state index in [1.54, 1.807) is 20.3 Å². The number of benzene rings is 1. The van der Waals surface area contributed by atoms with Crippen LogP contribution in [0.2, 0.25) is 0 Å². The summed E-state index contributed by atoms with van der Waals surface area (Å²) < 4.78 is 27.8. The van der Waals surface area contributed by atoms with Crippen LogP contribution in [-0.2, 0) is 14.0 Å². The van der Waals surface area contributed by atoms with Gasteiger partial charge in [0, 0.05) is 13.2 Å². The van der Waals surface area contributed by atoms with E-state index in [1.165, 1.54) is 0 Å². The highest BCUT2D eigenvalue weighted by Gasteiger charge is 2.51. The Morgan fingerprint density at radius 1 is 0.952 bits per heavy atom. The summed E-state index contributed by atoms with van der Waals surface area (Å²) in [6.07, 6.45) is 0. The van der Waals surface area contributed by atoms with Crippen LogP contribution in [0.5, 0.6) is 11.5 Å². The van der Waals surface area contributed by atoms with Gasteiger partial charge in [-0.15, -0.1) is 0 Å². The van der Waals surface area contributed by atoms with Gasteiger partial charge in [-0.1, -0.05) is 0 Å². The van der Waals surface area contributed by atoms with Crippen molar-refractivity contribution in [2.45, 2.75) is 38.9 Å². The molecule has 1 heterocycles. The first-order valence-electron chi connectivity index (χ1n) is 6.95. The van der Waals surface area contributed by atoms with Crippen LogP contribution in [0.4, 0.5) is 0 Å². The summed E-state index contributed by atoms with van der Waals surface area (Å²) in [4.78, 5) is 0. The highest BCUT2D eigenvalue weighted by Crippen LogP contribution is 2.37. The molecule has 1 aromatic rings. The quantitative estimate of drug-likeness (QED) is 0.614. The molecule has 0 amide bonds. The van der Waals surface area contributed by atoms with E-state index in [0.29, 0.717) is 11.5 Å². The molecule has 2 rings (SSSR count). The molecule has 5 nitrogen and oxygen atoms in total. The highest BCUT2D eigenvalue weighted by molar-refractivity contribution is 6.62. The lowest BCUT2D eigenvalue weighted by molar-refractivity contribution is 0.00578. The smallest absolute Gasteiger partial charge is 0.495 e. The van der Waals surface area contributed by atoms with Gasteiger partial charge in [-0.3, -0.25) is 0 Å². The van der Waals surface area contributed by atoms with Crippen LogP contribution in [0.1, 0.15) is 27.7 Å². The molecule has 1 aliphatic rings.